The summed E-state index contributed by atoms with van der Waals surface area (Å²) in [6.45, 7) is 7.85. The molecule has 0 spiro atoms. The number of hydrogen-bond acceptors (Lipinski definition) is 2. The lowest BCUT2D eigenvalue weighted by Crippen LogP contribution is -2.29. The molecular formula is C19H25NS. The number of hydrogen-bond donors (Lipinski definition) is 1. The minimum Gasteiger partial charge on any atom is -0.310 e. The van der Waals surface area contributed by atoms with Crippen molar-refractivity contribution < 1.29 is 0 Å². The second-order valence-electron chi connectivity index (χ2n) is 6.24. The van der Waals surface area contributed by atoms with Crippen molar-refractivity contribution in [3.8, 4) is 0 Å². The molecule has 1 aromatic carbocycles. The fraction of sp³-hybridized carbons (Fsp3) is 0.474. The summed E-state index contributed by atoms with van der Waals surface area (Å²) in [5.74, 6) is 0.696. The zero-order valence-electron chi connectivity index (χ0n) is 13.3. The third kappa shape index (κ3) is 3.07. The fourth-order valence-corrected chi connectivity index (χ4v) is 4.59. The third-order valence-electron chi connectivity index (χ3n) is 4.58. The van der Waals surface area contributed by atoms with Gasteiger partial charge in [0, 0.05) is 15.8 Å². The second kappa shape index (κ2) is 6.33. The van der Waals surface area contributed by atoms with Crippen LogP contribution in [0.15, 0.2) is 30.3 Å². The maximum absolute atomic E-state index is 3.82. The predicted molar refractivity (Wildman–Crippen MR) is 92.2 cm³/mol. The first-order valence-corrected chi connectivity index (χ1v) is 8.87. The fourth-order valence-electron chi connectivity index (χ4n) is 3.62. The molecule has 1 unspecified atom stereocenters. The molecule has 0 bridgehead atoms. The van der Waals surface area contributed by atoms with Crippen LogP contribution in [0.25, 0.3) is 0 Å². The Kier molecular flexibility index (Phi) is 4.46. The third-order valence-corrected chi connectivity index (χ3v) is 5.56. The van der Waals surface area contributed by atoms with Gasteiger partial charge < -0.3 is 5.32 Å². The van der Waals surface area contributed by atoms with Crippen LogP contribution in [-0.4, -0.2) is 6.54 Å². The molecule has 0 radical (unpaired) electrons. The number of rotatable bonds is 5. The van der Waals surface area contributed by atoms with Crippen molar-refractivity contribution in [1.82, 2.24) is 5.32 Å². The van der Waals surface area contributed by atoms with Gasteiger partial charge in [-0.2, -0.15) is 0 Å². The summed E-state index contributed by atoms with van der Waals surface area (Å²) in [5, 5.41) is 3.82. The van der Waals surface area contributed by atoms with Gasteiger partial charge >= 0.3 is 0 Å². The number of benzene rings is 1. The van der Waals surface area contributed by atoms with E-state index in [9.17, 15) is 0 Å². The first-order chi connectivity index (χ1) is 10.2. The summed E-state index contributed by atoms with van der Waals surface area (Å²) in [5.41, 5.74) is 4.63. The number of nitrogens with one attached hydrogen (secondary N) is 1. The Bertz CT molecular complexity index is 589. The zero-order chi connectivity index (χ0) is 14.8. The van der Waals surface area contributed by atoms with Crippen molar-refractivity contribution in [2.24, 2.45) is 5.92 Å². The number of thiophene rings is 1. The van der Waals surface area contributed by atoms with Crippen LogP contribution in [0.3, 0.4) is 0 Å². The Labute approximate surface area is 132 Å². The molecule has 1 aromatic heterocycles. The minimum atomic E-state index is 0.502. The van der Waals surface area contributed by atoms with E-state index in [2.05, 4.69) is 56.4 Å². The van der Waals surface area contributed by atoms with Gasteiger partial charge in [0.2, 0.25) is 0 Å². The van der Waals surface area contributed by atoms with Crippen molar-refractivity contribution in [3.63, 3.8) is 0 Å². The predicted octanol–water partition coefficient (Wildman–Crippen LogP) is 4.82. The Balaban J connectivity index is 1.86. The van der Waals surface area contributed by atoms with E-state index in [1.54, 1.807) is 11.1 Å². The highest BCUT2D eigenvalue weighted by Gasteiger charge is 2.30. The maximum Gasteiger partial charge on any atom is 0.0366 e. The van der Waals surface area contributed by atoms with Gasteiger partial charge in [0.05, 0.1) is 0 Å². The van der Waals surface area contributed by atoms with Crippen molar-refractivity contribution >= 4 is 11.3 Å². The minimum absolute atomic E-state index is 0.502. The molecule has 0 saturated carbocycles. The van der Waals surface area contributed by atoms with Gasteiger partial charge in [-0.25, -0.2) is 0 Å². The van der Waals surface area contributed by atoms with E-state index in [1.165, 1.54) is 34.6 Å². The molecule has 1 nitrogen and oxygen atoms in total. The van der Waals surface area contributed by atoms with Crippen molar-refractivity contribution in [2.45, 2.75) is 46.1 Å². The first kappa shape index (κ1) is 14.8. The highest BCUT2D eigenvalue weighted by atomic mass is 32.1. The molecule has 0 aliphatic heterocycles. The molecule has 21 heavy (non-hydrogen) atoms. The second-order valence-corrected chi connectivity index (χ2v) is 7.70. The Morgan fingerprint density at radius 2 is 1.86 bits per heavy atom. The monoisotopic (exact) mass is 299 g/mol. The van der Waals surface area contributed by atoms with E-state index >= 15 is 0 Å². The normalized spacial score (nSPS) is 16.1. The van der Waals surface area contributed by atoms with E-state index in [4.69, 9.17) is 0 Å². The van der Waals surface area contributed by atoms with Crippen LogP contribution >= 0.6 is 11.3 Å². The molecule has 2 aromatic rings. The van der Waals surface area contributed by atoms with E-state index in [1.807, 2.05) is 11.3 Å². The van der Waals surface area contributed by atoms with E-state index < -0.39 is 0 Å². The highest BCUT2D eigenvalue weighted by molar-refractivity contribution is 7.12. The highest BCUT2D eigenvalue weighted by Crippen LogP contribution is 2.38. The summed E-state index contributed by atoms with van der Waals surface area (Å²) in [4.78, 5) is 2.92. The standard InChI is InChI=1S/C19H25NS/c1-4-9-20-19(18-10-13(2)21-14(18)3)17-11-15-7-5-6-8-16(15)12-17/h5-8,10,17,19-20H,4,9,11-12H2,1-3H3. The topological polar surface area (TPSA) is 12.0 Å². The van der Waals surface area contributed by atoms with E-state index in [-0.39, 0.29) is 0 Å². The molecule has 1 heterocycles. The summed E-state index contributed by atoms with van der Waals surface area (Å²) in [6.07, 6.45) is 3.62. The van der Waals surface area contributed by atoms with Crippen LogP contribution in [0, 0.1) is 19.8 Å². The van der Waals surface area contributed by atoms with Gasteiger partial charge in [0.15, 0.2) is 0 Å². The van der Waals surface area contributed by atoms with Crippen molar-refractivity contribution in [1.29, 1.82) is 0 Å². The molecule has 0 fully saturated rings. The smallest absolute Gasteiger partial charge is 0.0366 e. The lowest BCUT2D eigenvalue weighted by Gasteiger charge is -2.25. The van der Waals surface area contributed by atoms with Crippen LogP contribution in [0.5, 0.6) is 0 Å². The van der Waals surface area contributed by atoms with E-state index in [0.29, 0.717) is 12.0 Å². The molecule has 1 N–H and O–H groups in total. The van der Waals surface area contributed by atoms with Crippen LogP contribution in [0.1, 0.15) is 45.8 Å². The maximum atomic E-state index is 3.82. The SMILES string of the molecule is CCCNC(c1cc(C)sc1C)C1Cc2ccccc2C1. The lowest BCUT2D eigenvalue weighted by molar-refractivity contribution is 0.373. The van der Waals surface area contributed by atoms with Crippen molar-refractivity contribution in [3.05, 3.63) is 56.8 Å². The molecule has 3 rings (SSSR count). The summed E-state index contributed by atoms with van der Waals surface area (Å²) < 4.78 is 0. The van der Waals surface area contributed by atoms with Crippen LogP contribution in [0.4, 0.5) is 0 Å². The van der Waals surface area contributed by atoms with Gasteiger partial charge in [-0.05, 0) is 68.3 Å². The quantitative estimate of drug-likeness (QED) is 0.834. The van der Waals surface area contributed by atoms with Crippen LogP contribution < -0.4 is 5.32 Å². The molecule has 0 amide bonds. The lowest BCUT2D eigenvalue weighted by atomic mass is 9.90. The van der Waals surface area contributed by atoms with Gasteiger partial charge in [0.1, 0.15) is 0 Å². The molecule has 1 aliphatic carbocycles. The zero-order valence-corrected chi connectivity index (χ0v) is 14.1. The molecule has 1 atom stereocenters. The van der Waals surface area contributed by atoms with Crippen LogP contribution in [-0.2, 0) is 12.8 Å². The molecule has 2 heteroatoms. The van der Waals surface area contributed by atoms with Crippen molar-refractivity contribution in [2.75, 3.05) is 6.54 Å². The van der Waals surface area contributed by atoms with E-state index in [0.717, 1.165) is 6.54 Å². The van der Waals surface area contributed by atoms with Gasteiger partial charge in [0.25, 0.3) is 0 Å². The Morgan fingerprint density at radius 3 is 2.38 bits per heavy atom. The number of aryl methyl sites for hydroxylation is 2. The van der Waals surface area contributed by atoms with Gasteiger partial charge in [-0.15, -0.1) is 11.3 Å². The van der Waals surface area contributed by atoms with Gasteiger partial charge in [-0.3, -0.25) is 0 Å². The average Bonchev–Trinajstić information content (AvgIpc) is 3.03. The summed E-state index contributed by atoms with van der Waals surface area (Å²) >= 11 is 1.93. The first-order valence-electron chi connectivity index (χ1n) is 8.06. The molecular weight excluding hydrogens is 274 g/mol. The molecule has 0 saturated heterocycles. The average molecular weight is 299 g/mol. The molecule has 112 valence electrons. The van der Waals surface area contributed by atoms with Crippen LogP contribution in [0.2, 0.25) is 0 Å². The summed E-state index contributed by atoms with van der Waals surface area (Å²) in [7, 11) is 0. The Morgan fingerprint density at radius 1 is 1.19 bits per heavy atom. The largest absolute Gasteiger partial charge is 0.310 e. The number of fused-ring (bicyclic) bond motifs is 1. The van der Waals surface area contributed by atoms with Gasteiger partial charge in [-0.1, -0.05) is 31.2 Å². The molecule has 1 aliphatic rings. The Hall–Kier alpha value is -1.12. The summed E-state index contributed by atoms with van der Waals surface area (Å²) in [6, 6.07) is 11.9.